The van der Waals surface area contributed by atoms with Crippen molar-refractivity contribution in [1.82, 2.24) is 0 Å². The summed E-state index contributed by atoms with van der Waals surface area (Å²) in [6.07, 6.45) is 0. The van der Waals surface area contributed by atoms with Crippen LogP contribution < -0.4 is 10.6 Å². The first-order valence-electron chi connectivity index (χ1n) is 6.38. The zero-order valence-corrected chi connectivity index (χ0v) is 12.6. The average Bonchev–Trinajstić information content (AvgIpc) is 2.43. The van der Waals surface area contributed by atoms with Crippen molar-refractivity contribution in [2.75, 3.05) is 38.3 Å². The van der Waals surface area contributed by atoms with Gasteiger partial charge < -0.3 is 20.1 Å². The Bertz CT molecular complexity index is 465. The molecule has 0 spiro atoms. The van der Waals surface area contributed by atoms with Gasteiger partial charge in [-0.15, -0.1) is 0 Å². The summed E-state index contributed by atoms with van der Waals surface area (Å²) in [5.74, 6) is -0.290. The Morgan fingerprint density at radius 1 is 1.40 bits per heavy atom. The molecule has 2 N–H and O–H groups in total. The predicted molar refractivity (Wildman–Crippen MR) is 83.1 cm³/mol. The van der Waals surface area contributed by atoms with E-state index in [9.17, 15) is 4.79 Å². The number of carbonyl (C=O) groups is 1. The van der Waals surface area contributed by atoms with Crippen LogP contribution in [-0.4, -0.2) is 44.4 Å². The van der Waals surface area contributed by atoms with E-state index in [1.165, 1.54) is 0 Å². The van der Waals surface area contributed by atoms with Gasteiger partial charge in [0.15, 0.2) is 0 Å². The smallest absolute Gasteiger partial charge is 0.325 e. The fourth-order valence-corrected chi connectivity index (χ4v) is 1.98. The standard InChI is InChI=1S/C14H20N2O3S/c1-3-19-13(17)10-16(8-9-18-2)12-7-5-4-6-11(12)14(15)20/h4-7H,3,8-10H2,1-2H3,(H2,15,20). The molecule has 0 radical (unpaired) electrons. The maximum absolute atomic E-state index is 11.7. The van der Waals surface area contributed by atoms with Gasteiger partial charge in [0.25, 0.3) is 0 Å². The first-order valence-corrected chi connectivity index (χ1v) is 6.79. The number of anilines is 1. The normalized spacial score (nSPS) is 10.1. The Morgan fingerprint density at radius 2 is 2.10 bits per heavy atom. The number of nitrogens with two attached hydrogens (primary N) is 1. The van der Waals surface area contributed by atoms with E-state index in [-0.39, 0.29) is 12.5 Å². The van der Waals surface area contributed by atoms with E-state index >= 15 is 0 Å². The molecule has 0 saturated heterocycles. The summed E-state index contributed by atoms with van der Waals surface area (Å²) in [5.41, 5.74) is 7.28. The lowest BCUT2D eigenvalue weighted by atomic mass is 10.1. The lowest BCUT2D eigenvalue weighted by molar-refractivity contribution is -0.141. The molecule has 0 atom stereocenters. The largest absolute Gasteiger partial charge is 0.465 e. The lowest BCUT2D eigenvalue weighted by Gasteiger charge is -2.25. The van der Waals surface area contributed by atoms with E-state index in [0.29, 0.717) is 24.7 Å². The van der Waals surface area contributed by atoms with E-state index in [1.807, 2.05) is 29.2 Å². The molecule has 1 rings (SSSR count). The molecule has 5 nitrogen and oxygen atoms in total. The SMILES string of the molecule is CCOC(=O)CN(CCOC)c1ccccc1C(N)=S. The number of ether oxygens (including phenoxy) is 2. The van der Waals surface area contributed by atoms with Crippen molar-refractivity contribution in [3.8, 4) is 0 Å². The molecule has 0 unspecified atom stereocenters. The third kappa shape index (κ3) is 4.79. The summed E-state index contributed by atoms with van der Waals surface area (Å²) in [6, 6.07) is 7.45. The van der Waals surface area contributed by atoms with Crippen LogP contribution in [0, 0.1) is 0 Å². The lowest BCUT2D eigenvalue weighted by Crippen LogP contribution is -2.35. The molecule has 0 aliphatic rings. The highest BCUT2D eigenvalue weighted by molar-refractivity contribution is 7.80. The Labute approximate surface area is 124 Å². The summed E-state index contributed by atoms with van der Waals surface area (Å²) in [7, 11) is 1.61. The number of rotatable bonds is 8. The van der Waals surface area contributed by atoms with E-state index < -0.39 is 0 Å². The van der Waals surface area contributed by atoms with E-state index in [4.69, 9.17) is 27.4 Å². The van der Waals surface area contributed by atoms with Gasteiger partial charge in [0.2, 0.25) is 0 Å². The minimum atomic E-state index is -0.290. The van der Waals surface area contributed by atoms with Crippen molar-refractivity contribution in [2.24, 2.45) is 5.73 Å². The van der Waals surface area contributed by atoms with Gasteiger partial charge in [0.05, 0.1) is 13.2 Å². The molecule has 0 heterocycles. The maximum Gasteiger partial charge on any atom is 0.325 e. The predicted octanol–water partition coefficient (Wildman–Crippen LogP) is 1.34. The molecule has 1 aromatic rings. The maximum atomic E-state index is 11.7. The number of hydrogen-bond acceptors (Lipinski definition) is 5. The number of benzene rings is 1. The Hall–Kier alpha value is -1.66. The van der Waals surface area contributed by atoms with Gasteiger partial charge in [-0.2, -0.15) is 0 Å². The summed E-state index contributed by atoms with van der Waals surface area (Å²) >= 11 is 5.05. The molecule has 1 aromatic carbocycles. The molecule has 6 heteroatoms. The van der Waals surface area contributed by atoms with Crippen LogP contribution >= 0.6 is 12.2 Å². The van der Waals surface area contributed by atoms with Crippen molar-refractivity contribution >= 4 is 28.9 Å². The third-order valence-corrected chi connectivity index (χ3v) is 2.92. The summed E-state index contributed by atoms with van der Waals surface area (Å²) in [4.78, 5) is 13.9. The highest BCUT2D eigenvalue weighted by Gasteiger charge is 2.16. The summed E-state index contributed by atoms with van der Waals surface area (Å²) in [6.45, 7) is 3.31. The van der Waals surface area contributed by atoms with Crippen LogP contribution in [0.2, 0.25) is 0 Å². The third-order valence-electron chi connectivity index (χ3n) is 2.70. The minimum Gasteiger partial charge on any atom is -0.465 e. The fourth-order valence-electron chi connectivity index (χ4n) is 1.81. The molecule has 110 valence electrons. The van der Waals surface area contributed by atoms with Crippen LogP contribution in [0.15, 0.2) is 24.3 Å². The summed E-state index contributed by atoms with van der Waals surface area (Å²) < 4.78 is 10.1. The Morgan fingerprint density at radius 3 is 2.70 bits per heavy atom. The number of hydrogen-bond donors (Lipinski definition) is 1. The van der Waals surface area contributed by atoms with E-state index in [2.05, 4.69) is 0 Å². The average molecular weight is 296 g/mol. The second-order valence-electron chi connectivity index (χ2n) is 4.10. The molecule has 0 saturated carbocycles. The zero-order chi connectivity index (χ0) is 15.0. The van der Waals surface area contributed by atoms with Crippen LogP contribution in [0.3, 0.4) is 0 Å². The van der Waals surface area contributed by atoms with Gasteiger partial charge in [0.1, 0.15) is 11.5 Å². The van der Waals surface area contributed by atoms with Crippen molar-refractivity contribution in [1.29, 1.82) is 0 Å². The summed E-state index contributed by atoms with van der Waals surface area (Å²) in [5, 5.41) is 0. The highest BCUT2D eigenvalue weighted by Crippen LogP contribution is 2.20. The molecule has 0 bridgehead atoms. The van der Waals surface area contributed by atoms with Crippen LogP contribution in [-0.2, 0) is 14.3 Å². The second-order valence-corrected chi connectivity index (χ2v) is 4.54. The molecule has 0 amide bonds. The number of thiocarbonyl (C=S) groups is 1. The molecule has 0 aliphatic carbocycles. The van der Waals surface area contributed by atoms with Crippen molar-refractivity contribution in [3.63, 3.8) is 0 Å². The molecule has 0 fully saturated rings. The quantitative estimate of drug-likeness (QED) is 0.577. The number of nitrogens with zero attached hydrogens (tertiary/aromatic N) is 1. The van der Waals surface area contributed by atoms with Gasteiger partial charge >= 0.3 is 5.97 Å². The van der Waals surface area contributed by atoms with Crippen molar-refractivity contribution < 1.29 is 14.3 Å². The van der Waals surface area contributed by atoms with E-state index in [1.54, 1.807) is 14.0 Å². The number of para-hydroxylation sites is 1. The van der Waals surface area contributed by atoms with Gasteiger partial charge in [-0.05, 0) is 19.1 Å². The van der Waals surface area contributed by atoms with Crippen LogP contribution in [0.25, 0.3) is 0 Å². The van der Waals surface area contributed by atoms with Gasteiger partial charge in [0, 0.05) is 24.9 Å². The van der Waals surface area contributed by atoms with Crippen LogP contribution in [0.1, 0.15) is 12.5 Å². The van der Waals surface area contributed by atoms with Crippen LogP contribution in [0.5, 0.6) is 0 Å². The zero-order valence-electron chi connectivity index (χ0n) is 11.8. The monoisotopic (exact) mass is 296 g/mol. The fraction of sp³-hybridized carbons (Fsp3) is 0.429. The highest BCUT2D eigenvalue weighted by atomic mass is 32.1. The first kappa shape index (κ1) is 16.4. The number of esters is 1. The molecule has 0 aliphatic heterocycles. The number of carbonyl (C=O) groups excluding carboxylic acids is 1. The van der Waals surface area contributed by atoms with Crippen molar-refractivity contribution in [2.45, 2.75) is 6.92 Å². The minimum absolute atomic E-state index is 0.136. The van der Waals surface area contributed by atoms with E-state index in [0.717, 1.165) is 11.3 Å². The Balaban J connectivity index is 2.97. The number of methoxy groups -OCH3 is 1. The topological polar surface area (TPSA) is 64.8 Å². The van der Waals surface area contributed by atoms with Crippen LogP contribution in [0.4, 0.5) is 5.69 Å². The van der Waals surface area contributed by atoms with Gasteiger partial charge in [-0.25, -0.2) is 0 Å². The molecular formula is C14H20N2O3S. The molecule has 0 aromatic heterocycles. The first-order chi connectivity index (χ1) is 9.60. The molecular weight excluding hydrogens is 276 g/mol. The molecule has 20 heavy (non-hydrogen) atoms. The Kier molecular flexibility index (Phi) is 6.97. The van der Waals surface area contributed by atoms with Crippen molar-refractivity contribution in [3.05, 3.63) is 29.8 Å². The van der Waals surface area contributed by atoms with Gasteiger partial charge in [-0.3, -0.25) is 4.79 Å². The second kappa shape index (κ2) is 8.50. The van der Waals surface area contributed by atoms with Gasteiger partial charge in [-0.1, -0.05) is 24.4 Å².